The fourth-order valence-corrected chi connectivity index (χ4v) is 0.870. The second kappa shape index (κ2) is 4.31. The van der Waals surface area contributed by atoms with Crippen LogP contribution in [-0.2, 0) is 4.84 Å². The molecule has 4 nitrogen and oxygen atoms in total. The van der Waals surface area contributed by atoms with Gasteiger partial charge in [-0.05, 0) is 5.92 Å². The molecule has 4 N–H and O–H groups in total. The second-order valence-corrected chi connectivity index (χ2v) is 2.85. The van der Waals surface area contributed by atoms with Crippen LogP contribution in [-0.4, -0.2) is 11.6 Å². The molecule has 0 fully saturated rings. The first-order valence-corrected chi connectivity index (χ1v) is 3.41. The number of hydrogen-bond acceptors (Lipinski definition) is 3. The van der Waals surface area contributed by atoms with Gasteiger partial charge in [-0.1, -0.05) is 19.4 Å². The van der Waals surface area contributed by atoms with E-state index < -0.39 is 0 Å². The van der Waals surface area contributed by atoms with Crippen LogP contribution in [0.3, 0.4) is 0 Å². The zero-order valence-electron chi connectivity index (χ0n) is 6.75. The molecule has 1 heterocycles. The summed E-state index contributed by atoms with van der Waals surface area (Å²) < 4.78 is 0. The summed E-state index contributed by atoms with van der Waals surface area (Å²) in [6, 6.07) is 0. The zero-order chi connectivity index (χ0) is 7.56. The maximum atomic E-state index is 5.37. The third-order valence-corrected chi connectivity index (χ3v) is 1.19. The minimum Gasteiger partial charge on any atom is -1.00 e. The van der Waals surface area contributed by atoms with E-state index in [0.717, 1.165) is 6.54 Å². The highest BCUT2D eigenvalue weighted by Gasteiger charge is 2.14. The summed E-state index contributed by atoms with van der Waals surface area (Å²) in [5.41, 5.74) is 7.00. The molecule has 0 aromatic carbocycles. The van der Waals surface area contributed by atoms with E-state index in [2.05, 4.69) is 13.8 Å². The highest BCUT2D eigenvalue weighted by atomic mass is 35.5. The van der Waals surface area contributed by atoms with E-state index in [1.807, 2.05) is 5.01 Å². The Morgan fingerprint density at radius 1 is 1.73 bits per heavy atom. The summed E-state index contributed by atoms with van der Waals surface area (Å²) in [5, 5.41) is 1.94. The van der Waals surface area contributed by atoms with E-state index in [0.29, 0.717) is 11.8 Å². The molecule has 0 aliphatic carbocycles. The monoisotopic (exact) mass is 179 g/mol. The van der Waals surface area contributed by atoms with Crippen LogP contribution in [0.2, 0.25) is 0 Å². The number of nitrogens with two attached hydrogens (primary N) is 2. The molecular formula is C6H14ClN3O. The van der Waals surface area contributed by atoms with Crippen molar-refractivity contribution in [3.05, 3.63) is 12.1 Å². The number of quaternary nitrogens is 1. The molecule has 1 rings (SSSR count). The van der Waals surface area contributed by atoms with Crippen molar-refractivity contribution in [3.63, 3.8) is 0 Å². The quantitative estimate of drug-likeness (QED) is 0.427. The van der Waals surface area contributed by atoms with Gasteiger partial charge in [0.25, 0.3) is 5.88 Å². The van der Waals surface area contributed by atoms with E-state index >= 15 is 0 Å². The Kier molecular flexibility index (Phi) is 4.07. The molecule has 0 amide bonds. The van der Waals surface area contributed by atoms with E-state index in [9.17, 15) is 0 Å². The van der Waals surface area contributed by atoms with Crippen molar-refractivity contribution >= 4 is 0 Å². The Morgan fingerprint density at radius 2 is 2.36 bits per heavy atom. The topological polar surface area (TPSA) is 55.1 Å². The Hall–Kier alpha value is -0.610. The normalized spacial score (nSPS) is 15.9. The Morgan fingerprint density at radius 3 is 2.73 bits per heavy atom. The molecule has 1 aliphatic heterocycles. The van der Waals surface area contributed by atoms with E-state index in [1.54, 1.807) is 11.8 Å². The summed E-state index contributed by atoms with van der Waals surface area (Å²) in [7, 11) is 0. The molecule has 0 radical (unpaired) electrons. The van der Waals surface area contributed by atoms with E-state index in [1.165, 1.54) is 0 Å². The van der Waals surface area contributed by atoms with Gasteiger partial charge in [0.15, 0.2) is 0 Å². The average Bonchev–Trinajstić information content (AvgIpc) is 2.13. The average molecular weight is 180 g/mol. The third kappa shape index (κ3) is 3.34. The molecular weight excluding hydrogens is 166 g/mol. The minimum absolute atomic E-state index is 0. The van der Waals surface area contributed by atoms with Crippen LogP contribution in [0.4, 0.5) is 0 Å². The second-order valence-electron chi connectivity index (χ2n) is 2.85. The lowest BCUT2D eigenvalue weighted by Gasteiger charge is -2.10. The Balaban J connectivity index is 0.000001000. The molecule has 0 unspecified atom stereocenters. The third-order valence-electron chi connectivity index (χ3n) is 1.19. The first-order chi connectivity index (χ1) is 4.68. The van der Waals surface area contributed by atoms with E-state index in [4.69, 9.17) is 10.6 Å². The fraction of sp³-hybridized carbons (Fsp3) is 0.667. The van der Waals surface area contributed by atoms with Crippen LogP contribution >= 0.6 is 0 Å². The van der Waals surface area contributed by atoms with Crippen molar-refractivity contribution in [2.45, 2.75) is 13.8 Å². The smallest absolute Gasteiger partial charge is 0.277 e. The van der Waals surface area contributed by atoms with E-state index in [-0.39, 0.29) is 12.4 Å². The maximum absolute atomic E-state index is 5.37. The molecule has 0 atom stereocenters. The lowest BCUT2D eigenvalue weighted by Crippen LogP contribution is -3.00. The summed E-state index contributed by atoms with van der Waals surface area (Å²) in [6.45, 7) is 5.26. The molecule has 66 valence electrons. The van der Waals surface area contributed by atoms with Crippen molar-refractivity contribution < 1.29 is 22.8 Å². The molecule has 0 saturated heterocycles. The largest absolute Gasteiger partial charge is 1.00 e. The van der Waals surface area contributed by atoms with Crippen LogP contribution < -0.4 is 23.7 Å². The van der Waals surface area contributed by atoms with Crippen LogP contribution in [0, 0.1) is 5.92 Å². The molecule has 0 aromatic rings. The van der Waals surface area contributed by atoms with Crippen molar-refractivity contribution in [3.8, 4) is 0 Å². The van der Waals surface area contributed by atoms with Gasteiger partial charge in [-0.25, -0.2) is 0 Å². The summed E-state index contributed by atoms with van der Waals surface area (Å²) >= 11 is 0. The zero-order valence-corrected chi connectivity index (χ0v) is 7.51. The Labute approximate surface area is 72.7 Å². The minimum atomic E-state index is 0. The summed E-state index contributed by atoms with van der Waals surface area (Å²) in [6.07, 6.45) is 1.79. The highest BCUT2D eigenvalue weighted by molar-refractivity contribution is 4.84. The van der Waals surface area contributed by atoms with Gasteiger partial charge in [0.1, 0.15) is 6.20 Å². The van der Waals surface area contributed by atoms with Gasteiger partial charge >= 0.3 is 0 Å². The number of rotatable bonds is 2. The van der Waals surface area contributed by atoms with Gasteiger partial charge in [0.2, 0.25) is 0 Å². The van der Waals surface area contributed by atoms with Crippen molar-refractivity contribution in [2.24, 2.45) is 11.7 Å². The first-order valence-electron chi connectivity index (χ1n) is 3.41. The van der Waals surface area contributed by atoms with Gasteiger partial charge in [-0.15, -0.1) is 0 Å². The SMILES string of the molecule is CC(C)CN1C=C(N)O[NH2+]1.[Cl-]. The highest BCUT2D eigenvalue weighted by Crippen LogP contribution is 1.97. The molecule has 0 aromatic heterocycles. The van der Waals surface area contributed by atoms with Crippen molar-refractivity contribution in [1.29, 1.82) is 0 Å². The predicted octanol–water partition coefficient (Wildman–Crippen LogP) is -3.87. The summed E-state index contributed by atoms with van der Waals surface area (Å²) in [5.74, 6) is 1.10. The lowest BCUT2D eigenvalue weighted by atomic mass is 10.2. The van der Waals surface area contributed by atoms with Gasteiger partial charge in [0.05, 0.1) is 6.54 Å². The molecule has 0 bridgehead atoms. The molecule has 1 aliphatic rings. The Bertz CT molecular complexity index is 149. The first kappa shape index (κ1) is 10.4. The standard InChI is InChI=1S/C6H13N3O.ClH/c1-5(2)3-9-4-6(7)10-8-9;/h4-5,8H,3,7H2,1-2H3;1H. The fourth-order valence-electron chi connectivity index (χ4n) is 0.870. The van der Waals surface area contributed by atoms with Crippen LogP contribution in [0.5, 0.6) is 0 Å². The summed E-state index contributed by atoms with van der Waals surface area (Å²) in [4.78, 5) is 4.91. The van der Waals surface area contributed by atoms with Gasteiger partial charge < -0.3 is 18.1 Å². The van der Waals surface area contributed by atoms with Crippen molar-refractivity contribution in [2.75, 3.05) is 6.54 Å². The molecule has 0 spiro atoms. The van der Waals surface area contributed by atoms with Crippen LogP contribution in [0.15, 0.2) is 12.1 Å². The van der Waals surface area contributed by atoms with Gasteiger partial charge in [0, 0.05) is 0 Å². The molecule has 11 heavy (non-hydrogen) atoms. The van der Waals surface area contributed by atoms with Crippen LogP contribution in [0.25, 0.3) is 0 Å². The lowest BCUT2D eigenvalue weighted by molar-refractivity contribution is -0.971. The molecule has 5 heteroatoms. The maximum Gasteiger partial charge on any atom is 0.277 e. The number of hydrogen-bond donors (Lipinski definition) is 2. The molecule has 0 saturated carbocycles. The number of nitrogens with zero attached hydrogens (tertiary/aromatic N) is 1. The van der Waals surface area contributed by atoms with Gasteiger partial charge in [-0.3, -0.25) is 4.84 Å². The van der Waals surface area contributed by atoms with Gasteiger partial charge in [-0.2, -0.15) is 5.01 Å². The van der Waals surface area contributed by atoms with Crippen LogP contribution in [0.1, 0.15) is 13.8 Å². The van der Waals surface area contributed by atoms with Crippen molar-refractivity contribution in [1.82, 2.24) is 5.01 Å². The predicted molar refractivity (Wildman–Crippen MR) is 36.8 cm³/mol. The number of halogens is 1.